The minimum Gasteiger partial charge on any atom is -0.481 e. The lowest BCUT2D eigenvalue weighted by Crippen LogP contribution is -2.23. The van der Waals surface area contributed by atoms with Crippen molar-refractivity contribution in [3.8, 4) is 17.5 Å². The maximum atomic E-state index is 13.0. The average molecular weight is 432 g/mol. The normalized spacial score (nSPS) is 11.0. The number of nitrogens with one attached hydrogen (secondary N) is 1. The van der Waals surface area contributed by atoms with Crippen LogP contribution in [0.15, 0.2) is 65.0 Å². The smallest absolute Gasteiger partial charge is 0.341 e. The highest BCUT2D eigenvalue weighted by Gasteiger charge is 2.20. The molecule has 0 bridgehead atoms. The van der Waals surface area contributed by atoms with Gasteiger partial charge in [0.25, 0.3) is 11.5 Å². The van der Waals surface area contributed by atoms with E-state index in [-0.39, 0.29) is 17.0 Å². The number of rotatable bonds is 7. The first kappa shape index (κ1) is 22.1. The molecule has 0 radical (unpaired) electrons. The van der Waals surface area contributed by atoms with Crippen molar-refractivity contribution in [2.75, 3.05) is 11.9 Å². The molecule has 1 heterocycles. The number of benzene rings is 2. The number of carboxylic acid groups (broad SMARTS) is 1. The fourth-order valence-electron chi connectivity index (χ4n) is 3.07. The van der Waals surface area contributed by atoms with Gasteiger partial charge < -0.3 is 15.2 Å². The van der Waals surface area contributed by atoms with Crippen LogP contribution in [0.3, 0.4) is 0 Å². The van der Waals surface area contributed by atoms with E-state index in [1.54, 1.807) is 61.1 Å². The Kier molecular flexibility index (Phi) is 6.56. The van der Waals surface area contributed by atoms with Crippen molar-refractivity contribution in [2.24, 2.45) is 7.05 Å². The molecule has 0 aliphatic carbocycles. The highest BCUT2D eigenvalue weighted by Crippen LogP contribution is 2.22. The molecule has 3 rings (SSSR count). The molecule has 0 saturated heterocycles. The Hall–Kier alpha value is -4.58. The Bertz CT molecular complexity index is 1300. The van der Waals surface area contributed by atoms with Crippen LogP contribution in [0.25, 0.3) is 11.8 Å². The van der Waals surface area contributed by atoms with E-state index in [0.29, 0.717) is 16.9 Å². The molecule has 9 heteroatoms. The first-order valence-corrected chi connectivity index (χ1v) is 9.54. The summed E-state index contributed by atoms with van der Waals surface area (Å²) in [7, 11) is 1.69. The predicted molar refractivity (Wildman–Crippen MR) is 118 cm³/mol. The molecule has 1 amide bonds. The lowest BCUT2D eigenvalue weighted by molar-refractivity contribution is -0.139. The van der Waals surface area contributed by atoms with Crippen molar-refractivity contribution in [2.45, 2.75) is 6.92 Å². The van der Waals surface area contributed by atoms with Crippen LogP contribution in [0.4, 0.5) is 5.69 Å². The summed E-state index contributed by atoms with van der Waals surface area (Å²) in [6, 6.07) is 17.2. The Labute approximate surface area is 183 Å². The minimum atomic E-state index is -1.16. The van der Waals surface area contributed by atoms with Gasteiger partial charge in [0.15, 0.2) is 6.61 Å². The molecule has 2 aromatic carbocycles. The number of nitrogens with zero attached hydrogens (tertiary/aromatic N) is 3. The van der Waals surface area contributed by atoms with Crippen molar-refractivity contribution in [1.82, 2.24) is 9.36 Å². The lowest BCUT2D eigenvalue weighted by Gasteiger charge is -2.08. The maximum absolute atomic E-state index is 13.0. The minimum absolute atomic E-state index is 0.0536. The number of aromatic nitrogens is 2. The van der Waals surface area contributed by atoms with Gasteiger partial charge in [0.2, 0.25) is 0 Å². The van der Waals surface area contributed by atoms with Crippen LogP contribution in [-0.2, 0) is 16.6 Å². The van der Waals surface area contributed by atoms with Crippen molar-refractivity contribution >= 4 is 23.6 Å². The summed E-state index contributed by atoms with van der Waals surface area (Å²) in [6.07, 6.45) is 1.28. The van der Waals surface area contributed by atoms with Gasteiger partial charge in [0, 0.05) is 12.6 Å². The number of amides is 1. The topological polar surface area (TPSA) is 126 Å². The summed E-state index contributed by atoms with van der Waals surface area (Å²) in [5.41, 5.74) is 0.834. The molecule has 32 heavy (non-hydrogen) atoms. The second kappa shape index (κ2) is 9.49. The molecule has 1 aromatic heterocycles. The van der Waals surface area contributed by atoms with E-state index >= 15 is 0 Å². The zero-order valence-electron chi connectivity index (χ0n) is 17.4. The molecule has 0 atom stereocenters. The van der Waals surface area contributed by atoms with Crippen LogP contribution in [0.1, 0.15) is 11.3 Å². The number of carbonyl (C=O) groups is 2. The molecular formula is C23H20N4O5. The summed E-state index contributed by atoms with van der Waals surface area (Å²) < 4.78 is 8.23. The van der Waals surface area contributed by atoms with E-state index in [0.717, 1.165) is 0 Å². The summed E-state index contributed by atoms with van der Waals surface area (Å²) in [5.74, 6) is -1.72. The molecule has 0 saturated carbocycles. The van der Waals surface area contributed by atoms with Crippen LogP contribution in [-0.4, -0.2) is 33.0 Å². The van der Waals surface area contributed by atoms with Crippen LogP contribution in [0.5, 0.6) is 5.75 Å². The fraction of sp³-hybridized carbons (Fsp3) is 0.130. The van der Waals surface area contributed by atoms with Crippen molar-refractivity contribution in [1.29, 1.82) is 5.26 Å². The second-order valence-corrected chi connectivity index (χ2v) is 6.78. The van der Waals surface area contributed by atoms with E-state index in [1.807, 2.05) is 12.1 Å². The van der Waals surface area contributed by atoms with E-state index in [9.17, 15) is 19.6 Å². The van der Waals surface area contributed by atoms with Crippen LogP contribution >= 0.6 is 0 Å². The third-order valence-electron chi connectivity index (χ3n) is 4.73. The number of hydrogen-bond acceptors (Lipinski definition) is 5. The number of carbonyl (C=O) groups excluding carboxylic acids is 1. The Balaban J connectivity index is 1.93. The van der Waals surface area contributed by atoms with Crippen molar-refractivity contribution < 1.29 is 19.4 Å². The van der Waals surface area contributed by atoms with E-state index in [2.05, 4.69) is 5.32 Å². The molecule has 2 N–H and O–H groups in total. The van der Waals surface area contributed by atoms with Gasteiger partial charge in [-0.2, -0.15) is 5.26 Å². The number of hydrogen-bond donors (Lipinski definition) is 2. The summed E-state index contributed by atoms with van der Waals surface area (Å²) >= 11 is 0. The number of para-hydroxylation sites is 2. The number of carboxylic acids is 1. The predicted octanol–water partition coefficient (Wildman–Crippen LogP) is 2.49. The van der Waals surface area contributed by atoms with Crippen molar-refractivity contribution in [3.63, 3.8) is 0 Å². The molecule has 0 aliphatic heterocycles. The zero-order chi connectivity index (χ0) is 23.3. The lowest BCUT2D eigenvalue weighted by atomic mass is 10.1. The van der Waals surface area contributed by atoms with E-state index in [1.165, 1.54) is 16.8 Å². The van der Waals surface area contributed by atoms with Gasteiger partial charge >= 0.3 is 5.97 Å². The molecule has 9 nitrogen and oxygen atoms in total. The van der Waals surface area contributed by atoms with Gasteiger partial charge in [-0.05, 0) is 31.2 Å². The van der Waals surface area contributed by atoms with Gasteiger partial charge in [-0.3, -0.25) is 14.3 Å². The third-order valence-corrected chi connectivity index (χ3v) is 4.73. The number of aliphatic carboxylic acids is 1. The largest absolute Gasteiger partial charge is 0.481 e. The zero-order valence-corrected chi connectivity index (χ0v) is 17.4. The highest BCUT2D eigenvalue weighted by atomic mass is 16.5. The average Bonchev–Trinajstić information content (AvgIpc) is 3.00. The second-order valence-electron chi connectivity index (χ2n) is 6.78. The Morgan fingerprint density at radius 2 is 1.81 bits per heavy atom. The summed E-state index contributed by atoms with van der Waals surface area (Å²) in [5, 5.41) is 20.9. The van der Waals surface area contributed by atoms with Gasteiger partial charge in [0.1, 0.15) is 23.1 Å². The van der Waals surface area contributed by atoms with Crippen LogP contribution < -0.4 is 15.6 Å². The van der Waals surface area contributed by atoms with E-state index in [4.69, 9.17) is 9.84 Å². The van der Waals surface area contributed by atoms with Gasteiger partial charge in [-0.15, -0.1) is 0 Å². The molecule has 0 unspecified atom stereocenters. The molecule has 162 valence electrons. The van der Waals surface area contributed by atoms with Crippen LogP contribution in [0.2, 0.25) is 0 Å². The van der Waals surface area contributed by atoms with E-state index < -0.39 is 24.0 Å². The standard InChI is InChI=1S/C23H20N4O5/c1-15-21(23(31)27(26(15)2)18-9-4-3-5-10-18)25-22(30)17(13-24)12-16-8-6-7-11-19(16)32-14-20(28)29/h3-12H,14H2,1-2H3,(H,25,30)(H,28,29)/b17-12-. The Morgan fingerprint density at radius 3 is 2.47 bits per heavy atom. The van der Waals surface area contributed by atoms with Gasteiger partial charge in [-0.1, -0.05) is 36.4 Å². The van der Waals surface area contributed by atoms with Crippen molar-refractivity contribution in [3.05, 3.63) is 81.8 Å². The van der Waals surface area contributed by atoms with Gasteiger partial charge in [0.05, 0.1) is 11.4 Å². The SMILES string of the molecule is Cc1c(NC(=O)/C(C#N)=C\c2ccccc2OCC(=O)O)c(=O)n(-c2ccccc2)n1C. The summed E-state index contributed by atoms with van der Waals surface area (Å²) in [4.78, 5) is 36.5. The number of ether oxygens (including phenoxy) is 1. The first-order chi connectivity index (χ1) is 15.3. The molecule has 0 aliphatic rings. The molecule has 0 spiro atoms. The highest BCUT2D eigenvalue weighted by molar-refractivity contribution is 6.10. The number of anilines is 1. The monoisotopic (exact) mass is 432 g/mol. The first-order valence-electron chi connectivity index (χ1n) is 9.54. The molecule has 3 aromatic rings. The third kappa shape index (κ3) is 4.60. The quantitative estimate of drug-likeness (QED) is 0.436. The Morgan fingerprint density at radius 1 is 1.16 bits per heavy atom. The maximum Gasteiger partial charge on any atom is 0.341 e. The molecular weight excluding hydrogens is 412 g/mol. The van der Waals surface area contributed by atoms with Gasteiger partial charge in [-0.25, -0.2) is 9.48 Å². The summed E-state index contributed by atoms with van der Waals surface area (Å²) in [6.45, 7) is 1.11. The fourth-order valence-corrected chi connectivity index (χ4v) is 3.07. The number of nitriles is 1. The van der Waals surface area contributed by atoms with Crippen LogP contribution in [0, 0.1) is 18.3 Å². The molecule has 0 fully saturated rings.